The second-order valence-electron chi connectivity index (χ2n) is 6.89. The molecule has 0 spiro atoms. The van der Waals surface area contributed by atoms with Crippen molar-refractivity contribution in [1.29, 1.82) is 0 Å². The molecule has 1 amide bonds. The number of thioether (sulfide) groups is 1. The zero-order valence-electron chi connectivity index (χ0n) is 15.8. The van der Waals surface area contributed by atoms with E-state index in [1.807, 2.05) is 24.0 Å². The first-order chi connectivity index (χ1) is 13.7. The fourth-order valence-corrected chi connectivity index (χ4v) is 5.75. The number of piperazine rings is 1. The summed E-state index contributed by atoms with van der Waals surface area (Å²) in [5, 5.41) is 4.19. The fraction of sp³-hybridized carbons (Fsp3) is 0.333. The highest BCUT2D eigenvalue weighted by atomic mass is 32.2. The number of carbonyl (C=O) groups excluding carboxylic acids is 1. The fourth-order valence-electron chi connectivity index (χ4n) is 3.20. The van der Waals surface area contributed by atoms with Crippen LogP contribution in [0.4, 0.5) is 0 Å². The summed E-state index contributed by atoms with van der Waals surface area (Å²) in [6.07, 6.45) is 0. The Kier molecular flexibility index (Phi) is 6.47. The van der Waals surface area contributed by atoms with Crippen LogP contribution in [0.15, 0.2) is 51.5 Å². The normalized spacial score (nSPS) is 15.1. The summed E-state index contributed by atoms with van der Waals surface area (Å²) in [4.78, 5) is 23.1. The molecule has 4 nitrogen and oxygen atoms in total. The van der Waals surface area contributed by atoms with Crippen LogP contribution in [0.2, 0.25) is 0 Å². The maximum Gasteiger partial charge on any atom is 0.253 e. The molecule has 3 aromatic rings. The largest absolute Gasteiger partial charge is 0.336 e. The molecule has 2 aromatic heterocycles. The molecule has 0 radical (unpaired) electrons. The Hall–Kier alpha value is -1.67. The van der Waals surface area contributed by atoms with E-state index in [1.54, 1.807) is 34.4 Å². The van der Waals surface area contributed by atoms with Crippen LogP contribution < -0.4 is 0 Å². The molecule has 0 unspecified atom stereocenters. The molecule has 0 atom stereocenters. The first-order valence-electron chi connectivity index (χ1n) is 9.35. The van der Waals surface area contributed by atoms with Gasteiger partial charge in [-0.05, 0) is 36.1 Å². The lowest BCUT2D eigenvalue weighted by Crippen LogP contribution is -2.48. The molecular weight excluding hydrogens is 406 g/mol. The van der Waals surface area contributed by atoms with Crippen LogP contribution in [0.3, 0.4) is 0 Å². The lowest BCUT2D eigenvalue weighted by molar-refractivity contribution is 0.0629. The van der Waals surface area contributed by atoms with Gasteiger partial charge in [-0.2, -0.15) is 0 Å². The van der Waals surface area contributed by atoms with E-state index < -0.39 is 0 Å². The Labute approximate surface area is 178 Å². The minimum atomic E-state index is 0.144. The van der Waals surface area contributed by atoms with Gasteiger partial charge in [0.25, 0.3) is 5.91 Å². The van der Waals surface area contributed by atoms with E-state index in [0.29, 0.717) is 0 Å². The minimum Gasteiger partial charge on any atom is -0.336 e. The van der Waals surface area contributed by atoms with Crippen LogP contribution in [-0.4, -0.2) is 46.9 Å². The smallest absolute Gasteiger partial charge is 0.253 e. The summed E-state index contributed by atoms with van der Waals surface area (Å²) in [6.45, 7) is 6.47. The maximum atomic E-state index is 12.8. The first kappa shape index (κ1) is 19.6. The zero-order chi connectivity index (χ0) is 19.3. The van der Waals surface area contributed by atoms with Gasteiger partial charge in [-0.3, -0.25) is 9.69 Å². The standard InChI is InChI=1S/C21H23N3OS3/c1-16-14-27-21(22-16)28-15-17-4-6-18(7-5-17)20(25)24-10-8-23(9-11-24)13-19-3-2-12-26-19/h2-7,12,14H,8-11,13,15H2,1H3. The second kappa shape index (κ2) is 9.22. The van der Waals surface area contributed by atoms with Crippen LogP contribution >= 0.6 is 34.4 Å². The first-order valence-corrected chi connectivity index (χ1v) is 12.1. The maximum absolute atomic E-state index is 12.8. The summed E-state index contributed by atoms with van der Waals surface area (Å²) in [5.41, 5.74) is 3.07. The topological polar surface area (TPSA) is 36.4 Å². The van der Waals surface area contributed by atoms with Gasteiger partial charge < -0.3 is 4.90 Å². The zero-order valence-corrected chi connectivity index (χ0v) is 18.3. The van der Waals surface area contributed by atoms with E-state index in [1.165, 1.54) is 10.4 Å². The number of rotatable bonds is 6. The van der Waals surface area contributed by atoms with Crippen LogP contribution in [0.5, 0.6) is 0 Å². The van der Waals surface area contributed by atoms with Gasteiger partial charge >= 0.3 is 0 Å². The summed E-state index contributed by atoms with van der Waals surface area (Å²) in [7, 11) is 0. The molecule has 0 saturated carbocycles. The summed E-state index contributed by atoms with van der Waals surface area (Å²) in [5.74, 6) is 1.02. The van der Waals surface area contributed by atoms with E-state index in [4.69, 9.17) is 0 Å². The molecule has 1 fully saturated rings. The number of aryl methyl sites for hydroxylation is 1. The molecular formula is C21H23N3OS3. The van der Waals surface area contributed by atoms with Gasteiger partial charge in [0.05, 0.1) is 0 Å². The highest BCUT2D eigenvalue weighted by Crippen LogP contribution is 2.26. The number of hydrogen-bond donors (Lipinski definition) is 0. The minimum absolute atomic E-state index is 0.144. The lowest BCUT2D eigenvalue weighted by Gasteiger charge is -2.34. The monoisotopic (exact) mass is 429 g/mol. The van der Waals surface area contributed by atoms with Gasteiger partial charge in [0, 0.05) is 60.0 Å². The Morgan fingerprint density at radius 3 is 2.54 bits per heavy atom. The lowest BCUT2D eigenvalue weighted by atomic mass is 10.1. The molecule has 28 heavy (non-hydrogen) atoms. The van der Waals surface area contributed by atoms with E-state index in [0.717, 1.165) is 54.1 Å². The van der Waals surface area contributed by atoms with Gasteiger partial charge in [-0.15, -0.1) is 22.7 Å². The highest BCUT2D eigenvalue weighted by Gasteiger charge is 2.22. The third kappa shape index (κ3) is 5.03. The number of carbonyl (C=O) groups is 1. The predicted octanol–water partition coefficient (Wildman–Crippen LogP) is 4.76. The van der Waals surface area contributed by atoms with Gasteiger partial charge in [0.2, 0.25) is 0 Å². The number of amides is 1. The number of thiazole rings is 1. The van der Waals surface area contributed by atoms with E-state index >= 15 is 0 Å². The Bertz CT molecular complexity index is 897. The molecule has 1 aliphatic heterocycles. The van der Waals surface area contributed by atoms with E-state index in [9.17, 15) is 4.79 Å². The average molecular weight is 430 g/mol. The molecule has 0 bridgehead atoms. The third-order valence-corrected chi connectivity index (χ3v) is 7.85. The Morgan fingerprint density at radius 2 is 1.89 bits per heavy atom. The quantitative estimate of drug-likeness (QED) is 0.529. The highest BCUT2D eigenvalue weighted by molar-refractivity contribution is 8.00. The number of nitrogens with zero attached hydrogens (tertiary/aromatic N) is 3. The van der Waals surface area contributed by atoms with Gasteiger partial charge in [-0.1, -0.05) is 30.0 Å². The summed E-state index contributed by atoms with van der Waals surface area (Å²) >= 11 is 5.23. The number of hydrogen-bond acceptors (Lipinski definition) is 6. The van der Waals surface area contributed by atoms with E-state index in [2.05, 4.69) is 44.9 Å². The van der Waals surface area contributed by atoms with Crippen molar-refractivity contribution < 1.29 is 4.79 Å². The van der Waals surface area contributed by atoms with Crippen molar-refractivity contribution in [2.75, 3.05) is 26.2 Å². The van der Waals surface area contributed by atoms with Crippen LogP contribution in [0.25, 0.3) is 0 Å². The Morgan fingerprint density at radius 1 is 1.11 bits per heavy atom. The van der Waals surface area contributed by atoms with Crippen molar-refractivity contribution in [1.82, 2.24) is 14.8 Å². The molecule has 0 N–H and O–H groups in total. The number of thiophene rings is 1. The SMILES string of the molecule is Cc1csc(SCc2ccc(C(=O)N3CCN(Cc4cccs4)CC3)cc2)n1. The van der Waals surface area contributed by atoms with Crippen molar-refractivity contribution >= 4 is 40.3 Å². The van der Waals surface area contributed by atoms with Crippen LogP contribution in [0, 0.1) is 6.92 Å². The third-order valence-electron chi connectivity index (χ3n) is 4.78. The summed E-state index contributed by atoms with van der Waals surface area (Å²) in [6, 6.07) is 12.3. The van der Waals surface area contributed by atoms with Crippen molar-refractivity contribution in [3.8, 4) is 0 Å². The second-order valence-corrected chi connectivity index (χ2v) is 10.0. The van der Waals surface area contributed by atoms with Crippen molar-refractivity contribution in [3.63, 3.8) is 0 Å². The molecule has 4 rings (SSSR count). The average Bonchev–Trinajstić information content (AvgIpc) is 3.38. The van der Waals surface area contributed by atoms with Gasteiger partial charge in [0.15, 0.2) is 0 Å². The van der Waals surface area contributed by atoms with E-state index in [-0.39, 0.29) is 5.91 Å². The predicted molar refractivity (Wildman–Crippen MR) is 118 cm³/mol. The summed E-state index contributed by atoms with van der Waals surface area (Å²) < 4.78 is 1.10. The van der Waals surface area contributed by atoms with Crippen LogP contribution in [-0.2, 0) is 12.3 Å². The Balaban J connectivity index is 1.27. The molecule has 0 aliphatic carbocycles. The van der Waals surface area contributed by atoms with Crippen molar-refractivity contribution in [2.24, 2.45) is 0 Å². The molecule has 1 aromatic carbocycles. The van der Waals surface area contributed by atoms with Crippen LogP contribution in [0.1, 0.15) is 26.5 Å². The van der Waals surface area contributed by atoms with Crippen molar-refractivity contribution in [3.05, 3.63) is 68.9 Å². The molecule has 1 aliphatic rings. The van der Waals surface area contributed by atoms with Gasteiger partial charge in [-0.25, -0.2) is 4.98 Å². The molecule has 146 valence electrons. The van der Waals surface area contributed by atoms with Gasteiger partial charge in [0.1, 0.15) is 4.34 Å². The number of aromatic nitrogens is 1. The van der Waals surface area contributed by atoms with Crippen molar-refractivity contribution in [2.45, 2.75) is 23.6 Å². The molecule has 1 saturated heterocycles. The number of benzene rings is 1. The molecule has 3 heterocycles. The molecule has 7 heteroatoms.